The van der Waals surface area contributed by atoms with Crippen LogP contribution in [0, 0.1) is 5.92 Å². The predicted octanol–water partition coefficient (Wildman–Crippen LogP) is 0.590. The molecule has 96 valence electrons. The van der Waals surface area contributed by atoms with Gasteiger partial charge in [0.15, 0.2) is 0 Å². The van der Waals surface area contributed by atoms with Crippen LogP contribution >= 0.6 is 0 Å². The number of nitrogens with one attached hydrogen (secondary N) is 1. The highest BCUT2D eigenvalue weighted by molar-refractivity contribution is 7.90. The first-order valence-electron chi connectivity index (χ1n) is 5.27. The van der Waals surface area contributed by atoms with E-state index in [9.17, 15) is 8.42 Å². The van der Waals surface area contributed by atoms with Crippen LogP contribution in [0.25, 0.3) is 0 Å². The average molecular weight is 258 g/mol. The van der Waals surface area contributed by atoms with Crippen molar-refractivity contribution in [2.24, 2.45) is 5.92 Å². The Hall–Kier alpha value is -1.34. The normalized spacial score (nSPS) is 11.8. The van der Waals surface area contributed by atoms with E-state index < -0.39 is 10.2 Å². The fourth-order valence-corrected chi connectivity index (χ4v) is 2.35. The van der Waals surface area contributed by atoms with Crippen LogP contribution in [0.3, 0.4) is 0 Å². The Kier molecular flexibility index (Phi) is 4.30. The van der Waals surface area contributed by atoms with E-state index in [1.165, 1.54) is 19.4 Å². The van der Waals surface area contributed by atoms with Crippen LogP contribution in [0.2, 0.25) is 0 Å². The summed E-state index contributed by atoms with van der Waals surface area (Å²) >= 11 is 0. The molecular weight excluding hydrogens is 240 g/mol. The smallest absolute Gasteiger partial charge is 0.301 e. The maximum absolute atomic E-state index is 11.9. The highest BCUT2D eigenvalue weighted by atomic mass is 32.2. The number of aromatic nitrogens is 1. The van der Waals surface area contributed by atoms with Crippen molar-refractivity contribution in [2.75, 3.05) is 23.6 Å². The van der Waals surface area contributed by atoms with Crippen LogP contribution in [-0.4, -0.2) is 27.0 Å². The standard InChI is InChI=1S/C10H18N4O2S/c1-8(2)6-13-17(15,16)14(3)10-4-5-12-7-9(10)11/h4-5,7-8,13H,6,11H2,1-3H3. The van der Waals surface area contributed by atoms with E-state index in [2.05, 4.69) is 9.71 Å². The van der Waals surface area contributed by atoms with E-state index in [0.29, 0.717) is 17.9 Å². The van der Waals surface area contributed by atoms with Crippen molar-refractivity contribution >= 4 is 21.6 Å². The van der Waals surface area contributed by atoms with E-state index >= 15 is 0 Å². The minimum atomic E-state index is -3.56. The molecule has 0 bridgehead atoms. The highest BCUT2D eigenvalue weighted by Gasteiger charge is 2.19. The van der Waals surface area contributed by atoms with Gasteiger partial charge in [-0.2, -0.15) is 13.1 Å². The second kappa shape index (κ2) is 5.33. The maximum atomic E-state index is 11.9. The molecule has 7 heteroatoms. The minimum Gasteiger partial charge on any atom is -0.396 e. The molecule has 0 radical (unpaired) electrons. The summed E-state index contributed by atoms with van der Waals surface area (Å²) in [6, 6.07) is 1.56. The largest absolute Gasteiger partial charge is 0.396 e. The lowest BCUT2D eigenvalue weighted by Gasteiger charge is -2.21. The third-order valence-electron chi connectivity index (χ3n) is 2.20. The van der Waals surface area contributed by atoms with Crippen LogP contribution in [0.5, 0.6) is 0 Å². The summed E-state index contributed by atoms with van der Waals surface area (Å²) in [6.07, 6.45) is 2.92. The maximum Gasteiger partial charge on any atom is 0.301 e. The average Bonchev–Trinajstić information content (AvgIpc) is 2.26. The van der Waals surface area contributed by atoms with Crippen LogP contribution < -0.4 is 14.8 Å². The molecule has 1 rings (SSSR count). The van der Waals surface area contributed by atoms with Crippen molar-refractivity contribution < 1.29 is 8.42 Å². The Morgan fingerprint density at radius 3 is 2.71 bits per heavy atom. The molecule has 0 amide bonds. The Morgan fingerprint density at radius 2 is 2.18 bits per heavy atom. The number of anilines is 2. The highest BCUT2D eigenvalue weighted by Crippen LogP contribution is 2.21. The monoisotopic (exact) mass is 258 g/mol. The zero-order valence-electron chi connectivity index (χ0n) is 10.2. The molecule has 0 fully saturated rings. The number of rotatable bonds is 5. The SMILES string of the molecule is CC(C)CNS(=O)(=O)N(C)c1ccncc1N. The molecule has 0 aromatic carbocycles. The van der Waals surface area contributed by atoms with Crippen LogP contribution in [-0.2, 0) is 10.2 Å². The molecule has 0 aliphatic rings. The van der Waals surface area contributed by atoms with Crippen LogP contribution in [0.15, 0.2) is 18.5 Å². The Bertz CT molecular complexity index is 473. The minimum absolute atomic E-state index is 0.243. The molecule has 3 N–H and O–H groups in total. The molecule has 0 aliphatic carbocycles. The molecule has 0 atom stereocenters. The molecular formula is C10H18N4O2S. The van der Waals surface area contributed by atoms with Gasteiger partial charge >= 0.3 is 10.2 Å². The van der Waals surface area contributed by atoms with Gasteiger partial charge in [0.05, 0.1) is 17.6 Å². The lowest BCUT2D eigenvalue weighted by Crippen LogP contribution is -2.40. The van der Waals surface area contributed by atoms with Crippen molar-refractivity contribution in [3.63, 3.8) is 0 Å². The van der Waals surface area contributed by atoms with Crippen molar-refractivity contribution in [1.82, 2.24) is 9.71 Å². The van der Waals surface area contributed by atoms with Gasteiger partial charge < -0.3 is 5.73 Å². The van der Waals surface area contributed by atoms with E-state index in [1.807, 2.05) is 13.8 Å². The third kappa shape index (κ3) is 3.57. The van der Waals surface area contributed by atoms with Crippen molar-refractivity contribution in [2.45, 2.75) is 13.8 Å². The lowest BCUT2D eigenvalue weighted by atomic mass is 10.2. The van der Waals surface area contributed by atoms with Gasteiger partial charge in [-0.05, 0) is 12.0 Å². The number of hydrogen-bond donors (Lipinski definition) is 2. The van der Waals surface area contributed by atoms with Gasteiger partial charge in [-0.3, -0.25) is 9.29 Å². The van der Waals surface area contributed by atoms with Gasteiger partial charge in [-0.1, -0.05) is 13.8 Å². The first-order chi connectivity index (χ1) is 7.84. The second-order valence-corrected chi connectivity index (χ2v) is 5.94. The zero-order chi connectivity index (χ0) is 13.1. The quantitative estimate of drug-likeness (QED) is 0.809. The van der Waals surface area contributed by atoms with Gasteiger partial charge in [-0.15, -0.1) is 0 Å². The fraction of sp³-hybridized carbons (Fsp3) is 0.500. The molecule has 0 aliphatic heterocycles. The first kappa shape index (κ1) is 13.7. The van der Waals surface area contributed by atoms with Gasteiger partial charge in [0, 0.05) is 19.8 Å². The molecule has 0 saturated heterocycles. The first-order valence-corrected chi connectivity index (χ1v) is 6.71. The molecule has 1 aromatic heterocycles. The molecule has 0 unspecified atom stereocenters. The van der Waals surface area contributed by atoms with Crippen LogP contribution in [0.1, 0.15) is 13.8 Å². The number of pyridine rings is 1. The Labute approximate surface area is 102 Å². The van der Waals surface area contributed by atoms with Gasteiger partial charge in [0.1, 0.15) is 0 Å². The number of hydrogen-bond acceptors (Lipinski definition) is 4. The number of nitrogens with two attached hydrogens (primary N) is 1. The summed E-state index contributed by atoms with van der Waals surface area (Å²) in [4.78, 5) is 3.82. The summed E-state index contributed by atoms with van der Waals surface area (Å²) in [5.74, 6) is 0.243. The molecule has 0 saturated carbocycles. The second-order valence-electron chi connectivity index (χ2n) is 4.15. The lowest BCUT2D eigenvalue weighted by molar-refractivity contribution is 0.558. The predicted molar refractivity (Wildman–Crippen MR) is 68.8 cm³/mol. The van der Waals surface area contributed by atoms with Gasteiger partial charge in [0.25, 0.3) is 0 Å². The Morgan fingerprint density at radius 1 is 1.53 bits per heavy atom. The van der Waals surface area contributed by atoms with Gasteiger partial charge in [-0.25, -0.2) is 0 Å². The molecule has 0 spiro atoms. The summed E-state index contributed by atoms with van der Waals surface area (Å²) in [5, 5.41) is 0. The van der Waals surface area contributed by atoms with E-state index in [-0.39, 0.29) is 5.92 Å². The summed E-state index contributed by atoms with van der Waals surface area (Å²) < 4.78 is 27.5. The van der Waals surface area contributed by atoms with Gasteiger partial charge in [0.2, 0.25) is 0 Å². The van der Waals surface area contributed by atoms with Crippen LogP contribution in [0.4, 0.5) is 11.4 Å². The van der Waals surface area contributed by atoms with Crippen molar-refractivity contribution in [3.8, 4) is 0 Å². The fourth-order valence-electron chi connectivity index (χ4n) is 1.18. The van der Waals surface area contributed by atoms with E-state index in [4.69, 9.17) is 5.73 Å². The van der Waals surface area contributed by atoms with Crippen molar-refractivity contribution in [3.05, 3.63) is 18.5 Å². The summed E-state index contributed by atoms with van der Waals surface area (Å²) in [6.45, 7) is 4.25. The molecule has 6 nitrogen and oxygen atoms in total. The molecule has 1 heterocycles. The molecule has 1 aromatic rings. The topological polar surface area (TPSA) is 88.3 Å². The zero-order valence-corrected chi connectivity index (χ0v) is 11.0. The van der Waals surface area contributed by atoms with E-state index in [0.717, 1.165) is 4.31 Å². The number of nitrogens with zero attached hydrogens (tertiary/aromatic N) is 2. The Balaban J connectivity index is 2.89. The van der Waals surface area contributed by atoms with E-state index in [1.54, 1.807) is 6.07 Å². The third-order valence-corrected chi connectivity index (χ3v) is 3.65. The summed E-state index contributed by atoms with van der Waals surface area (Å²) in [5.41, 5.74) is 6.41. The number of nitrogen functional groups attached to an aromatic ring is 1. The molecule has 17 heavy (non-hydrogen) atoms. The summed E-state index contributed by atoms with van der Waals surface area (Å²) in [7, 11) is -2.10. The van der Waals surface area contributed by atoms with Crippen molar-refractivity contribution in [1.29, 1.82) is 0 Å².